The molecule has 3 aliphatic rings. The number of hydrogen-bond acceptors (Lipinski definition) is 4. The number of likely N-dealkylation sites (N-methyl/N-ethyl adjacent to an activating group) is 1. The molecule has 0 aromatic heterocycles. The molecule has 2 unspecified atom stereocenters. The Balaban J connectivity index is 1.58. The number of esters is 1. The molecule has 4 nitrogen and oxygen atoms in total. The lowest BCUT2D eigenvalue weighted by Gasteiger charge is -2.34. The van der Waals surface area contributed by atoms with Crippen LogP contribution in [0.1, 0.15) is 50.5 Å². The molecule has 2 aliphatic heterocycles. The van der Waals surface area contributed by atoms with Crippen molar-refractivity contribution in [2.45, 2.75) is 68.7 Å². The zero-order valence-electron chi connectivity index (χ0n) is 14.4. The number of aliphatic hydroxyl groups is 1. The first-order chi connectivity index (χ1) is 11.6. The lowest BCUT2D eigenvalue weighted by atomic mass is 9.80. The summed E-state index contributed by atoms with van der Waals surface area (Å²) in [7, 11) is 2.12. The van der Waals surface area contributed by atoms with Gasteiger partial charge in [0.1, 0.15) is 6.10 Å². The topological polar surface area (TPSA) is 49.8 Å². The molecular weight excluding hydrogens is 302 g/mol. The van der Waals surface area contributed by atoms with Gasteiger partial charge in [-0.2, -0.15) is 0 Å². The summed E-state index contributed by atoms with van der Waals surface area (Å²) < 4.78 is 5.92. The van der Waals surface area contributed by atoms with Crippen molar-refractivity contribution in [2.75, 3.05) is 7.05 Å². The van der Waals surface area contributed by atoms with Crippen LogP contribution in [0.25, 0.3) is 0 Å². The Morgan fingerprint density at radius 1 is 1.17 bits per heavy atom. The van der Waals surface area contributed by atoms with Crippen LogP contribution < -0.4 is 0 Å². The van der Waals surface area contributed by atoms with Crippen LogP contribution in [0.4, 0.5) is 0 Å². The predicted octanol–water partition coefficient (Wildman–Crippen LogP) is 2.84. The van der Waals surface area contributed by atoms with Crippen molar-refractivity contribution in [3.8, 4) is 0 Å². The minimum atomic E-state index is -1.50. The summed E-state index contributed by atoms with van der Waals surface area (Å²) in [5.41, 5.74) is -0.823. The Kier molecular flexibility index (Phi) is 4.13. The van der Waals surface area contributed by atoms with Gasteiger partial charge in [-0.3, -0.25) is 4.90 Å². The fraction of sp³-hybridized carbons (Fsp3) is 0.650. The fourth-order valence-electron chi connectivity index (χ4n) is 5.11. The SMILES string of the molecule is CN1C2CCC1[C@H](OC(=O)[C@](O)(c1ccccc1)C1CCCC1)C2. The molecule has 4 heteroatoms. The van der Waals surface area contributed by atoms with Crippen molar-refractivity contribution in [1.82, 2.24) is 4.90 Å². The van der Waals surface area contributed by atoms with Crippen LogP contribution in [-0.2, 0) is 15.1 Å². The van der Waals surface area contributed by atoms with Gasteiger partial charge in [0.05, 0.1) is 0 Å². The number of carbonyl (C=O) groups is 1. The Morgan fingerprint density at radius 3 is 2.46 bits per heavy atom. The van der Waals surface area contributed by atoms with E-state index in [4.69, 9.17) is 4.74 Å². The van der Waals surface area contributed by atoms with E-state index in [0.29, 0.717) is 17.6 Å². The summed E-state index contributed by atoms with van der Waals surface area (Å²) in [6, 6.07) is 10.2. The highest BCUT2D eigenvalue weighted by Gasteiger charge is 2.52. The van der Waals surface area contributed by atoms with E-state index in [1.54, 1.807) is 0 Å². The van der Waals surface area contributed by atoms with E-state index in [9.17, 15) is 9.90 Å². The molecule has 4 rings (SSSR count). The predicted molar refractivity (Wildman–Crippen MR) is 91.4 cm³/mol. The highest BCUT2D eigenvalue weighted by Crippen LogP contribution is 2.43. The van der Waals surface area contributed by atoms with E-state index in [-0.39, 0.29) is 12.0 Å². The number of carbonyl (C=O) groups excluding carboxylic acids is 1. The summed E-state index contributed by atoms with van der Waals surface area (Å²) in [4.78, 5) is 15.4. The molecular formula is C20H27NO3. The smallest absolute Gasteiger partial charge is 0.343 e. The van der Waals surface area contributed by atoms with Crippen LogP contribution >= 0.6 is 0 Å². The van der Waals surface area contributed by atoms with E-state index in [1.165, 1.54) is 6.42 Å². The zero-order chi connectivity index (χ0) is 16.7. The molecule has 1 aromatic rings. The van der Waals surface area contributed by atoms with Crippen LogP contribution in [0.5, 0.6) is 0 Å². The molecule has 0 amide bonds. The Hall–Kier alpha value is -1.39. The quantitative estimate of drug-likeness (QED) is 0.863. The van der Waals surface area contributed by atoms with E-state index in [1.807, 2.05) is 30.3 Å². The molecule has 24 heavy (non-hydrogen) atoms. The summed E-state index contributed by atoms with van der Waals surface area (Å²) in [5, 5.41) is 11.5. The standard InChI is InChI=1S/C20H27NO3/c1-21-16-11-12-17(21)18(13-16)24-19(22)20(23,15-9-5-6-10-15)14-7-3-2-4-8-14/h2-4,7-8,15-18,23H,5-6,9-13H2,1H3/t16?,17?,18-,20+/m1/s1. The molecule has 1 N–H and O–H groups in total. The highest BCUT2D eigenvalue weighted by atomic mass is 16.6. The molecule has 0 radical (unpaired) electrons. The van der Waals surface area contributed by atoms with Crippen molar-refractivity contribution in [2.24, 2.45) is 5.92 Å². The van der Waals surface area contributed by atoms with Gasteiger partial charge in [-0.05, 0) is 38.3 Å². The van der Waals surface area contributed by atoms with Crippen LogP contribution in [-0.4, -0.2) is 41.2 Å². The summed E-state index contributed by atoms with van der Waals surface area (Å²) in [6.45, 7) is 0. The molecule has 1 saturated carbocycles. The van der Waals surface area contributed by atoms with Gasteiger partial charge in [0.15, 0.2) is 5.60 Å². The summed E-state index contributed by atoms with van der Waals surface area (Å²) in [6.07, 6.45) is 7.04. The number of benzene rings is 1. The van der Waals surface area contributed by atoms with Gasteiger partial charge in [-0.1, -0.05) is 43.2 Å². The average molecular weight is 329 g/mol. The van der Waals surface area contributed by atoms with Crippen molar-refractivity contribution in [1.29, 1.82) is 0 Å². The number of hydrogen-bond donors (Lipinski definition) is 1. The van der Waals surface area contributed by atoms with Gasteiger partial charge in [0.25, 0.3) is 0 Å². The molecule has 1 aromatic carbocycles. The number of nitrogens with zero attached hydrogens (tertiary/aromatic N) is 1. The monoisotopic (exact) mass is 329 g/mol. The zero-order valence-corrected chi connectivity index (χ0v) is 14.4. The lowest BCUT2D eigenvalue weighted by molar-refractivity contribution is -0.180. The van der Waals surface area contributed by atoms with Gasteiger partial charge >= 0.3 is 5.97 Å². The van der Waals surface area contributed by atoms with Crippen LogP contribution in [0.2, 0.25) is 0 Å². The maximum absolute atomic E-state index is 13.1. The van der Waals surface area contributed by atoms with E-state index in [0.717, 1.165) is 38.5 Å². The minimum absolute atomic E-state index is 0.0382. The second-order valence-electron chi connectivity index (χ2n) is 7.76. The van der Waals surface area contributed by atoms with Gasteiger partial charge in [-0.25, -0.2) is 4.79 Å². The summed E-state index contributed by atoms with van der Waals surface area (Å²) >= 11 is 0. The minimum Gasteiger partial charge on any atom is -0.458 e. The number of ether oxygens (including phenoxy) is 1. The van der Waals surface area contributed by atoms with Crippen LogP contribution in [0.3, 0.4) is 0 Å². The molecule has 2 bridgehead atoms. The Bertz CT molecular complexity index is 598. The van der Waals surface area contributed by atoms with E-state index < -0.39 is 11.6 Å². The average Bonchev–Trinajstić information content (AvgIpc) is 3.32. The normalized spacial score (nSPS) is 32.8. The van der Waals surface area contributed by atoms with Crippen molar-refractivity contribution >= 4 is 5.97 Å². The third-order valence-corrected chi connectivity index (χ3v) is 6.56. The van der Waals surface area contributed by atoms with Crippen molar-refractivity contribution in [3.05, 3.63) is 35.9 Å². The highest BCUT2D eigenvalue weighted by molar-refractivity contribution is 5.82. The Labute approximate surface area is 143 Å². The van der Waals surface area contributed by atoms with Crippen molar-refractivity contribution in [3.63, 3.8) is 0 Å². The molecule has 0 spiro atoms. The fourth-order valence-corrected chi connectivity index (χ4v) is 5.11. The maximum atomic E-state index is 13.1. The van der Waals surface area contributed by atoms with Gasteiger partial charge < -0.3 is 9.84 Å². The lowest BCUT2D eigenvalue weighted by Crippen LogP contribution is -2.46. The second kappa shape index (κ2) is 6.16. The van der Waals surface area contributed by atoms with E-state index in [2.05, 4.69) is 11.9 Å². The molecule has 2 saturated heterocycles. The first kappa shape index (κ1) is 16.1. The molecule has 4 atom stereocenters. The first-order valence-electron chi connectivity index (χ1n) is 9.31. The Morgan fingerprint density at radius 2 is 1.88 bits per heavy atom. The van der Waals surface area contributed by atoms with Gasteiger partial charge in [-0.15, -0.1) is 0 Å². The third kappa shape index (κ3) is 2.47. The maximum Gasteiger partial charge on any atom is 0.343 e. The van der Waals surface area contributed by atoms with Gasteiger partial charge in [0.2, 0.25) is 0 Å². The number of rotatable bonds is 4. The molecule has 130 valence electrons. The largest absolute Gasteiger partial charge is 0.458 e. The number of fused-ring (bicyclic) bond motifs is 2. The summed E-state index contributed by atoms with van der Waals surface area (Å²) in [5.74, 6) is -0.477. The second-order valence-corrected chi connectivity index (χ2v) is 7.76. The molecule has 1 aliphatic carbocycles. The molecule has 3 fully saturated rings. The van der Waals surface area contributed by atoms with Crippen LogP contribution in [0.15, 0.2) is 30.3 Å². The first-order valence-corrected chi connectivity index (χ1v) is 9.31. The van der Waals surface area contributed by atoms with Gasteiger partial charge in [0, 0.05) is 24.4 Å². The van der Waals surface area contributed by atoms with E-state index >= 15 is 0 Å². The van der Waals surface area contributed by atoms with Crippen LogP contribution in [0, 0.1) is 5.92 Å². The van der Waals surface area contributed by atoms with Crippen molar-refractivity contribution < 1.29 is 14.6 Å². The molecule has 2 heterocycles. The third-order valence-electron chi connectivity index (χ3n) is 6.56.